The molecule has 0 saturated heterocycles. The Labute approximate surface area is 111 Å². The lowest BCUT2D eigenvalue weighted by Gasteiger charge is -2.49. The van der Waals surface area contributed by atoms with Gasteiger partial charge >= 0.3 is 0 Å². The molecular formula is C17H24O. The van der Waals surface area contributed by atoms with Crippen molar-refractivity contribution in [1.29, 1.82) is 0 Å². The second-order valence-electron chi connectivity index (χ2n) is 6.09. The van der Waals surface area contributed by atoms with Gasteiger partial charge in [0.05, 0.1) is 6.61 Å². The molecule has 0 aromatic heterocycles. The first-order valence-corrected chi connectivity index (χ1v) is 6.72. The van der Waals surface area contributed by atoms with Crippen molar-refractivity contribution in [2.24, 2.45) is 5.41 Å². The summed E-state index contributed by atoms with van der Waals surface area (Å²) in [7, 11) is 1.77. The third-order valence-electron chi connectivity index (χ3n) is 4.39. The van der Waals surface area contributed by atoms with Gasteiger partial charge in [-0.25, -0.2) is 0 Å². The van der Waals surface area contributed by atoms with Crippen LogP contribution in [0.2, 0.25) is 0 Å². The standard InChI is InChI=1S/C17H24O/c1-12(2)15-10-16(17(15,3)4)14-9-7-6-8-13(14)11-18-5/h6-9,16H,10-11H2,1-5H3. The van der Waals surface area contributed by atoms with Gasteiger partial charge in [0.15, 0.2) is 0 Å². The summed E-state index contributed by atoms with van der Waals surface area (Å²) < 4.78 is 5.32. The van der Waals surface area contributed by atoms with Gasteiger partial charge in [-0.15, -0.1) is 0 Å². The number of hydrogen-bond donors (Lipinski definition) is 0. The molecule has 1 aromatic rings. The molecule has 1 nitrogen and oxygen atoms in total. The molecule has 1 aromatic carbocycles. The van der Waals surface area contributed by atoms with Crippen molar-refractivity contribution in [3.05, 3.63) is 46.5 Å². The maximum atomic E-state index is 5.32. The van der Waals surface area contributed by atoms with Crippen LogP contribution in [-0.2, 0) is 11.3 Å². The molecule has 1 aliphatic rings. The maximum absolute atomic E-state index is 5.32. The average Bonchev–Trinajstić information content (AvgIpc) is 2.30. The van der Waals surface area contributed by atoms with Crippen LogP contribution in [0.5, 0.6) is 0 Å². The van der Waals surface area contributed by atoms with Crippen molar-refractivity contribution in [1.82, 2.24) is 0 Å². The number of hydrogen-bond acceptors (Lipinski definition) is 1. The van der Waals surface area contributed by atoms with Crippen LogP contribution in [0.15, 0.2) is 35.4 Å². The molecule has 0 spiro atoms. The molecule has 0 heterocycles. The van der Waals surface area contributed by atoms with Crippen LogP contribution in [0, 0.1) is 5.41 Å². The lowest BCUT2D eigenvalue weighted by atomic mass is 9.55. The smallest absolute Gasteiger partial charge is 0.0715 e. The summed E-state index contributed by atoms with van der Waals surface area (Å²) >= 11 is 0. The van der Waals surface area contributed by atoms with Gasteiger partial charge in [0.1, 0.15) is 0 Å². The first-order valence-electron chi connectivity index (χ1n) is 6.72. The average molecular weight is 244 g/mol. The lowest BCUT2D eigenvalue weighted by molar-refractivity contribution is 0.179. The van der Waals surface area contributed by atoms with Crippen LogP contribution < -0.4 is 0 Å². The Morgan fingerprint density at radius 2 is 1.94 bits per heavy atom. The fourth-order valence-electron chi connectivity index (χ4n) is 3.31. The summed E-state index contributed by atoms with van der Waals surface area (Å²) in [6.45, 7) is 9.91. The Hall–Kier alpha value is -1.08. The molecule has 1 unspecified atom stereocenters. The molecule has 1 heteroatoms. The monoisotopic (exact) mass is 244 g/mol. The largest absolute Gasteiger partial charge is 0.380 e. The van der Waals surface area contributed by atoms with Crippen molar-refractivity contribution < 1.29 is 4.74 Å². The van der Waals surface area contributed by atoms with Gasteiger partial charge in [0, 0.05) is 7.11 Å². The van der Waals surface area contributed by atoms with Crippen LogP contribution in [0.25, 0.3) is 0 Å². The SMILES string of the molecule is COCc1ccccc1C1CC(=C(C)C)C1(C)C. The zero-order chi connectivity index (χ0) is 13.3. The number of methoxy groups -OCH3 is 1. The van der Waals surface area contributed by atoms with Gasteiger partial charge in [-0.05, 0) is 42.7 Å². The van der Waals surface area contributed by atoms with E-state index >= 15 is 0 Å². The molecule has 98 valence electrons. The van der Waals surface area contributed by atoms with E-state index in [0.29, 0.717) is 17.9 Å². The molecule has 1 saturated carbocycles. The molecule has 0 amide bonds. The number of benzene rings is 1. The number of ether oxygens (including phenoxy) is 1. The zero-order valence-electron chi connectivity index (χ0n) is 12.2. The molecular weight excluding hydrogens is 220 g/mol. The van der Waals surface area contributed by atoms with Crippen LogP contribution in [-0.4, -0.2) is 7.11 Å². The molecule has 1 fully saturated rings. The molecule has 2 rings (SSSR count). The second kappa shape index (κ2) is 4.89. The van der Waals surface area contributed by atoms with Gasteiger partial charge in [0.25, 0.3) is 0 Å². The predicted molar refractivity (Wildman–Crippen MR) is 76.7 cm³/mol. The Morgan fingerprint density at radius 3 is 2.50 bits per heavy atom. The summed E-state index contributed by atoms with van der Waals surface area (Å²) in [6, 6.07) is 8.70. The van der Waals surface area contributed by atoms with E-state index in [4.69, 9.17) is 4.74 Å². The van der Waals surface area contributed by atoms with Crippen molar-refractivity contribution in [2.45, 2.75) is 46.6 Å². The van der Waals surface area contributed by atoms with Crippen LogP contribution in [0.1, 0.15) is 51.2 Å². The van der Waals surface area contributed by atoms with E-state index in [1.165, 1.54) is 23.1 Å². The van der Waals surface area contributed by atoms with Crippen molar-refractivity contribution >= 4 is 0 Å². The Morgan fingerprint density at radius 1 is 1.28 bits per heavy atom. The van der Waals surface area contributed by atoms with E-state index in [2.05, 4.69) is 52.0 Å². The minimum absolute atomic E-state index is 0.294. The van der Waals surface area contributed by atoms with Gasteiger partial charge in [-0.3, -0.25) is 0 Å². The molecule has 18 heavy (non-hydrogen) atoms. The summed E-state index contributed by atoms with van der Waals surface area (Å²) in [4.78, 5) is 0. The molecule has 0 N–H and O–H groups in total. The van der Waals surface area contributed by atoms with Gasteiger partial charge in [0.2, 0.25) is 0 Å². The first-order chi connectivity index (χ1) is 8.48. The molecule has 1 aliphatic carbocycles. The van der Waals surface area contributed by atoms with E-state index < -0.39 is 0 Å². The topological polar surface area (TPSA) is 9.23 Å². The van der Waals surface area contributed by atoms with Gasteiger partial charge in [-0.1, -0.05) is 49.3 Å². The highest BCUT2D eigenvalue weighted by molar-refractivity contribution is 5.42. The van der Waals surface area contributed by atoms with E-state index in [9.17, 15) is 0 Å². The molecule has 0 aliphatic heterocycles. The number of rotatable bonds is 3. The van der Waals surface area contributed by atoms with E-state index in [1.807, 2.05) is 0 Å². The Bertz CT molecular complexity index is 464. The highest BCUT2D eigenvalue weighted by Gasteiger charge is 2.45. The third-order valence-corrected chi connectivity index (χ3v) is 4.39. The van der Waals surface area contributed by atoms with E-state index in [1.54, 1.807) is 12.7 Å². The highest BCUT2D eigenvalue weighted by Crippen LogP contribution is 2.58. The minimum Gasteiger partial charge on any atom is -0.380 e. The summed E-state index contributed by atoms with van der Waals surface area (Å²) in [6.07, 6.45) is 1.20. The lowest BCUT2D eigenvalue weighted by Crippen LogP contribution is -2.37. The zero-order valence-corrected chi connectivity index (χ0v) is 12.2. The van der Waals surface area contributed by atoms with Crippen LogP contribution >= 0.6 is 0 Å². The normalized spacial score (nSPS) is 21.6. The highest BCUT2D eigenvalue weighted by atomic mass is 16.5. The van der Waals surface area contributed by atoms with Gasteiger partial charge < -0.3 is 4.74 Å². The van der Waals surface area contributed by atoms with Crippen molar-refractivity contribution in [3.63, 3.8) is 0 Å². The third kappa shape index (κ3) is 2.12. The summed E-state index contributed by atoms with van der Waals surface area (Å²) in [5.74, 6) is 0.633. The maximum Gasteiger partial charge on any atom is 0.0715 e. The molecule has 0 radical (unpaired) electrons. The fraction of sp³-hybridized carbons (Fsp3) is 0.529. The second-order valence-corrected chi connectivity index (χ2v) is 6.09. The first kappa shape index (κ1) is 13.4. The predicted octanol–water partition coefficient (Wildman–Crippen LogP) is 4.68. The van der Waals surface area contributed by atoms with Crippen molar-refractivity contribution in [3.8, 4) is 0 Å². The Kier molecular flexibility index (Phi) is 3.63. The summed E-state index contributed by atoms with van der Waals surface area (Å²) in [5, 5.41) is 0. The van der Waals surface area contributed by atoms with Crippen LogP contribution in [0.3, 0.4) is 0 Å². The van der Waals surface area contributed by atoms with Gasteiger partial charge in [-0.2, -0.15) is 0 Å². The molecule has 1 atom stereocenters. The minimum atomic E-state index is 0.294. The van der Waals surface area contributed by atoms with E-state index in [-0.39, 0.29) is 0 Å². The Balaban J connectivity index is 2.33. The van der Waals surface area contributed by atoms with Crippen LogP contribution in [0.4, 0.5) is 0 Å². The summed E-state index contributed by atoms with van der Waals surface area (Å²) in [5.41, 5.74) is 6.21. The quantitative estimate of drug-likeness (QED) is 0.701. The number of allylic oxidation sites excluding steroid dienone is 2. The van der Waals surface area contributed by atoms with Crippen molar-refractivity contribution in [2.75, 3.05) is 7.11 Å². The van der Waals surface area contributed by atoms with E-state index in [0.717, 1.165) is 0 Å². The fourth-order valence-corrected chi connectivity index (χ4v) is 3.31. The molecule has 0 bridgehead atoms.